The van der Waals surface area contributed by atoms with Gasteiger partial charge in [0, 0.05) is 17.7 Å². The number of aryl methyl sites for hydroxylation is 1. The summed E-state index contributed by atoms with van der Waals surface area (Å²) >= 11 is 0. The van der Waals surface area contributed by atoms with Crippen molar-refractivity contribution in [1.29, 1.82) is 0 Å². The van der Waals surface area contributed by atoms with Crippen molar-refractivity contribution in [3.05, 3.63) is 53.3 Å². The Morgan fingerprint density at radius 2 is 1.85 bits per heavy atom. The zero-order chi connectivity index (χ0) is 14.5. The van der Waals surface area contributed by atoms with Crippen LogP contribution < -0.4 is 14.0 Å². The van der Waals surface area contributed by atoms with E-state index >= 15 is 0 Å². The SMILES string of the molecule is COc1cc(C)c(C[n+]2ccccc2C=O)cc1OC. The highest BCUT2D eigenvalue weighted by atomic mass is 16.5. The molecule has 0 radical (unpaired) electrons. The monoisotopic (exact) mass is 272 g/mol. The average molecular weight is 272 g/mol. The fourth-order valence-corrected chi connectivity index (χ4v) is 2.12. The highest BCUT2D eigenvalue weighted by Gasteiger charge is 2.14. The van der Waals surface area contributed by atoms with Crippen molar-refractivity contribution in [2.75, 3.05) is 14.2 Å². The molecule has 0 bridgehead atoms. The van der Waals surface area contributed by atoms with Gasteiger partial charge in [0.05, 0.1) is 14.2 Å². The van der Waals surface area contributed by atoms with Crippen LogP contribution in [-0.2, 0) is 6.54 Å². The molecular formula is C16H18NO3+. The summed E-state index contributed by atoms with van der Waals surface area (Å²) < 4.78 is 12.5. The van der Waals surface area contributed by atoms with Crippen molar-refractivity contribution >= 4 is 6.29 Å². The minimum absolute atomic E-state index is 0.612. The lowest BCUT2D eigenvalue weighted by atomic mass is 10.1. The summed E-state index contributed by atoms with van der Waals surface area (Å²) in [7, 11) is 3.23. The maximum Gasteiger partial charge on any atom is 0.245 e. The van der Waals surface area contributed by atoms with Crippen LogP contribution in [0.3, 0.4) is 0 Å². The number of aldehydes is 1. The summed E-state index contributed by atoms with van der Waals surface area (Å²) in [4.78, 5) is 11.1. The summed E-state index contributed by atoms with van der Waals surface area (Å²) in [6.07, 6.45) is 2.75. The number of hydrogen-bond acceptors (Lipinski definition) is 3. The van der Waals surface area contributed by atoms with E-state index < -0.39 is 0 Å². The van der Waals surface area contributed by atoms with Gasteiger partial charge in [0.2, 0.25) is 12.0 Å². The summed E-state index contributed by atoms with van der Waals surface area (Å²) in [5, 5.41) is 0. The van der Waals surface area contributed by atoms with Crippen molar-refractivity contribution in [2.24, 2.45) is 0 Å². The van der Waals surface area contributed by atoms with Crippen molar-refractivity contribution < 1.29 is 18.8 Å². The van der Waals surface area contributed by atoms with Gasteiger partial charge in [-0.25, -0.2) is 0 Å². The van der Waals surface area contributed by atoms with Crippen molar-refractivity contribution in [2.45, 2.75) is 13.5 Å². The largest absolute Gasteiger partial charge is 0.493 e. The van der Waals surface area contributed by atoms with Crippen LogP contribution in [-0.4, -0.2) is 20.5 Å². The number of hydrogen-bond donors (Lipinski definition) is 0. The number of pyridine rings is 1. The van der Waals surface area contributed by atoms with E-state index in [0.29, 0.717) is 23.7 Å². The number of ether oxygens (including phenoxy) is 2. The smallest absolute Gasteiger partial charge is 0.245 e. The van der Waals surface area contributed by atoms with Crippen LogP contribution in [0.4, 0.5) is 0 Å². The van der Waals surface area contributed by atoms with E-state index in [0.717, 1.165) is 17.4 Å². The lowest BCUT2D eigenvalue weighted by molar-refractivity contribution is -0.689. The third-order valence-corrected chi connectivity index (χ3v) is 3.28. The molecule has 1 heterocycles. The molecular weight excluding hydrogens is 254 g/mol. The second-order valence-electron chi connectivity index (χ2n) is 4.50. The Labute approximate surface area is 118 Å². The molecule has 4 nitrogen and oxygen atoms in total. The fraction of sp³-hybridized carbons (Fsp3) is 0.250. The van der Waals surface area contributed by atoms with E-state index in [1.54, 1.807) is 20.3 Å². The Hall–Kier alpha value is -2.36. The molecule has 0 unspecified atom stereocenters. The molecule has 2 rings (SSSR count). The van der Waals surface area contributed by atoms with Gasteiger partial charge in [-0.2, -0.15) is 4.57 Å². The van der Waals surface area contributed by atoms with Gasteiger partial charge in [0.15, 0.2) is 24.2 Å². The lowest BCUT2D eigenvalue weighted by Crippen LogP contribution is -2.38. The quantitative estimate of drug-likeness (QED) is 0.618. The molecule has 0 aliphatic heterocycles. The number of nitrogens with zero attached hydrogens (tertiary/aromatic N) is 1. The number of benzene rings is 1. The van der Waals surface area contributed by atoms with Gasteiger partial charge >= 0.3 is 0 Å². The van der Waals surface area contributed by atoms with E-state index in [4.69, 9.17) is 9.47 Å². The Kier molecular flexibility index (Phi) is 4.35. The van der Waals surface area contributed by atoms with Crippen LogP contribution in [0.2, 0.25) is 0 Å². The van der Waals surface area contributed by atoms with Gasteiger partial charge in [-0.1, -0.05) is 0 Å². The van der Waals surface area contributed by atoms with Gasteiger partial charge < -0.3 is 9.47 Å². The second kappa shape index (κ2) is 6.19. The maximum atomic E-state index is 11.1. The summed E-state index contributed by atoms with van der Waals surface area (Å²) in [6.45, 7) is 2.63. The summed E-state index contributed by atoms with van der Waals surface area (Å²) in [5.74, 6) is 1.40. The molecule has 0 N–H and O–H groups in total. The molecule has 104 valence electrons. The van der Waals surface area contributed by atoms with Crippen LogP contribution in [0.25, 0.3) is 0 Å². The van der Waals surface area contributed by atoms with E-state index in [2.05, 4.69) is 0 Å². The van der Waals surface area contributed by atoms with Crippen LogP contribution >= 0.6 is 0 Å². The molecule has 0 spiro atoms. The third-order valence-electron chi connectivity index (χ3n) is 3.28. The van der Waals surface area contributed by atoms with E-state index in [1.807, 2.05) is 42.0 Å². The molecule has 0 aliphatic carbocycles. The first-order valence-corrected chi connectivity index (χ1v) is 6.34. The Morgan fingerprint density at radius 3 is 2.50 bits per heavy atom. The van der Waals surface area contributed by atoms with Gasteiger partial charge in [0.1, 0.15) is 0 Å². The molecule has 1 aromatic heterocycles. The standard InChI is InChI=1S/C16H18NO3/c1-12-8-15(19-2)16(20-3)9-13(12)10-17-7-5-4-6-14(17)11-18/h4-9,11H,10H2,1-3H3/q+1. The van der Waals surface area contributed by atoms with Crippen LogP contribution in [0.15, 0.2) is 36.5 Å². The number of methoxy groups -OCH3 is 2. The normalized spacial score (nSPS) is 10.2. The molecule has 20 heavy (non-hydrogen) atoms. The predicted octanol–water partition coefficient (Wildman–Crippen LogP) is 2.16. The summed E-state index contributed by atoms with van der Waals surface area (Å²) in [5.41, 5.74) is 2.82. The number of rotatable bonds is 5. The molecule has 0 fully saturated rings. The second-order valence-corrected chi connectivity index (χ2v) is 4.50. The zero-order valence-corrected chi connectivity index (χ0v) is 11.9. The molecule has 0 aliphatic rings. The fourth-order valence-electron chi connectivity index (χ4n) is 2.12. The summed E-state index contributed by atoms with van der Waals surface area (Å²) in [6, 6.07) is 9.44. The topological polar surface area (TPSA) is 39.4 Å². The first kappa shape index (κ1) is 14.1. The zero-order valence-electron chi connectivity index (χ0n) is 11.9. The van der Waals surface area contributed by atoms with Crippen LogP contribution in [0, 0.1) is 6.92 Å². The van der Waals surface area contributed by atoms with Gasteiger partial charge in [-0.05, 0) is 30.7 Å². The van der Waals surface area contributed by atoms with Gasteiger partial charge in [-0.15, -0.1) is 0 Å². The molecule has 0 atom stereocenters. The minimum atomic E-state index is 0.612. The van der Waals surface area contributed by atoms with E-state index in [9.17, 15) is 4.79 Å². The van der Waals surface area contributed by atoms with E-state index in [-0.39, 0.29) is 0 Å². The van der Waals surface area contributed by atoms with Gasteiger partial charge in [0.25, 0.3) is 0 Å². The number of carbonyl (C=O) groups excluding carboxylic acids is 1. The van der Waals surface area contributed by atoms with Crippen LogP contribution in [0.5, 0.6) is 11.5 Å². The lowest BCUT2D eigenvalue weighted by Gasteiger charge is -2.11. The Balaban J connectivity index is 2.40. The molecule has 0 saturated carbocycles. The molecule has 4 heteroatoms. The third kappa shape index (κ3) is 2.79. The first-order valence-electron chi connectivity index (χ1n) is 6.34. The van der Waals surface area contributed by atoms with Crippen LogP contribution in [0.1, 0.15) is 21.6 Å². The Bertz CT molecular complexity index is 623. The molecule has 0 amide bonds. The van der Waals surface area contributed by atoms with Crippen molar-refractivity contribution in [3.63, 3.8) is 0 Å². The maximum absolute atomic E-state index is 11.1. The first-order chi connectivity index (χ1) is 9.69. The average Bonchev–Trinajstić information content (AvgIpc) is 2.49. The molecule has 0 saturated heterocycles. The molecule has 2 aromatic rings. The molecule has 1 aromatic carbocycles. The highest BCUT2D eigenvalue weighted by Crippen LogP contribution is 2.30. The van der Waals surface area contributed by atoms with Gasteiger partial charge in [-0.3, -0.25) is 4.79 Å². The Morgan fingerprint density at radius 1 is 1.15 bits per heavy atom. The van der Waals surface area contributed by atoms with Crippen molar-refractivity contribution in [1.82, 2.24) is 0 Å². The van der Waals surface area contributed by atoms with Crippen molar-refractivity contribution in [3.8, 4) is 11.5 Å². The highest BCUT2D eigenvalue weighted by molar-refractivity contribution is 5.69. The number of aromatic nitrogens is 1. The van der Waals surface area contributed by atoms with E-state index in [1.165, 1.54) is 0 Å². The minimum Gasteiger partial charge on any atom is -0.493 e. The number of carbonyl (C=O) groups is 1. The predicted molar refractivity (Wildman–Crippen MR) is 75.4 cm³/mol.